The van der Waals surface area contributed by atoms with E-state index in [-0.39, 0.29) is 10.0 Å². The molecule has 1 N–H and O–H groups in total. The quantitative estimate of drug-likeness (QED) is 0.754. The number of aryl methyl sites for hydroxylation is 1. The van der Waals surface area contributed by atoms with Gasteiger partial charge in [-0.15, -0.1) is 0 Å². The normalized spacial score (nSPS) is 10.5. The molecule has 0 aliphatic heterocycles. The Bertz CT molecular complexity index is 544. The van der Waals surface area contributed by atoms with E-state index >= 15 is 0 Å². The molecule has 100 valence electrons. The van der Waals surface area contributed by atoms with Crippen LogP contribution >= 0.6 is 23.2 Å². The SMILES string of the molecule is CCc1ccc(CNc2cc(Cl)c(F)c(Cl)c2)cc1. The van der Waals surface area contributed by atoms with Gasteiger partial charge in [0.1, 0.15) is 0 Å². The van der Waals surface area contributed by atoms with Crippen molar-refractivity contribution in [1.82, 2.24) is 0 Å². The Morgan fingerprint density at radius 3 is 2.05 bits per heavy atom. The lowest BCUT2D eigenvalue weighted by Crippen LogP contribution is -2.00. The first-order chi connectivity index (χ1) is 9.10. The third kappa shape index (κ3) is 3.62. The van der Waals surface area contributed by atoms with Crippen molar-refractivity contribution in [1.29, 1.82) is 0 Å². The molecule has 0 unspecified atom stereocenters. The maximum Gasteiger partial charge on any atom is 0.160 e. The van der Waals surface area contributed by atoms with Crippen LogP contribution in [0.15, 0.2) is 36.4 Å². The lowest BCUT2D eigenvalue weighted by molar-refractivity contribution is 0.629. The zero-order valence-electron chi connectivity index (χ0n) is 10.5. The minimum Gasteiger partial charge on any atom is -0.381 e. The van der Waals surface area contributed by atoms with E-state index in [9.17, 15) is 4.39 Å². The van der Waals surface area contributed by atoms with Gasteiger partial charge in [0.15, 0.2) is 5.82 Å². The molecule has 0 fully saturated rings. The monoisotopic (exact) mass is 297 g/mol. The molecule has 0 aliphatic carbocycles. The van der Waals surface area contributed by atoms with Crippen molar-refractivity contribution in [2.24, 2.45) is 0 Å². The van der Waals surface area contributed by atoms with Crippen LogP contribution in [0.1, 0.15) is 18.1 Å². The molecule has 0 saturated heterocycles. The van der Waals surface area contributed by atoms with E-state index in [1.807, 2.05) is 0 Å². The van der Waals surface area contributed by atoms with E-state index in [2.05, 4.69) is 36.5 Å². The van der Waals surface area contributed by atoms with Crippen molar-refractivity contribution in [2.45, 2.75) is 19.9 Å². The molecule has 0 aromatic heterocycles. The largest absolute Gasteiger partial charge is 0.381 e. The molecule has 2 aromatic carbocycles. The van der Waals surface area contributed by atoms with Crippen molar-refractivity contribution in [3.05, 3.63) is 63.4 Å². The van der Waals surface area contributed by atoms with Crippen molar-refractivity contribution in [3.63, 3.8) is 0 Å². The maximum absolute atomic E-state index is 13.3. The van der Waals surface area contributed by atoms with E-state index in [0.29, 0.717) is 12.2 Å². The number of halogens is 3. The average molecular weight is 298 g/mol. The first-order valence-electron chi connectivity index (χ1n) is 6.06. The van der Waals surface area contributed by atoms with Crippen molar-refractivity contribution in [2.75, 3.05) is 5.32 Å². The lowest BCUT2D eigenvalue weighted by atomic mass is 10.1. The van der Waals surface area contributed by atoms with E-state index in [4.69, 9.17) is 23.2 Å². The molecule has 0 aliphatic rings. The molecule has 0 bridgehead atoms. The first-order valence-corrected chi connectivity index (χ1v) is 6.82. The summed E-state index contributed by atoms with van der Waals surface area (Å²) in [5.74, 6) is -0.582. The Labute approximate surface area is 122 Å². The van der Waals surface area contributed by atoms with Crippen LogP contribution in [-0.2, 0) is 13.0 Å². The van der Waals surface area contributed by atoms with E-state index in [0.717, 1.165) is 12.0 Å². The predicted octanol–water partition coefficient (Wildman–Crippen LogP) is 5.31. The van der Waals surface area contributed by atoms with Crippen LogP contribution in [0, 0.1) is 5.82 Å². The molecule has 2 rings (SSSR count). The maximum atomic E-state index is 13.3. The lowest BCUT2D eigenvalue weighted by Gasteiger charge is -2.09. The third-order valence-corrected chi connectivity index (χ3v) is 3.46. The molecule has 0 amide bonds. The molecule has 19 heavy (non-hydrogen) atoms. The third-order valence-electron chi connectivity index (χ3n) is 2.91. The standard InChI is InChI=1S/C15H14Cl2FN/c1-2-10-3-5-11(6-4-10)9-19-12-7-13(16)15(18)14(17)8-12/h3-8,19H,2,9H2,1H3. The van der Waals surface area contributed by atoms with E-state index < -0.39 is 5.82 Å². The summed E-state index contributed by atoms with van der Waals surface area (Å²) >= 11 is 11.5. The second kappa shape index (κ2) is 6.27. The highest BCUT2D eigenvalue weighted by Gasteiger charge is 2.07. The van der Waals surface area contributed by atoms with Gasteiger partial charge in [0.25, 0.3) is 0 Å². The fourth-order valence-corrected chi connectivity index (χ4v) is 2.24. The first kappa shape index (κ1) is 14.2. The Hall–Kier alpha value is -1.25. The molecule has 4 heteroatoms. The fourth-order valence-electron chi connectivity index (χ4n) is 1.75. The van der Waals surface area contributed by atoms with Gasteiger partial charge in [-0.3, -0.25) is 0 Å². The highest BCUT2D eigenvalue weighted by molar-refractivity contribution is 6.35. The second-order valence-corrected chi connectivity index (χ2v) is 5.09. The number of nitrogens with one attached hydrogen (secondary N) is 1. The van der Waals surface area contributed by atoms with Gasteiger partial charge in [-0.2, -0.15) is 0 Å². The predicted molar refractivity (Wildman–Crippen MR) is 79.6 cm³/mol. The van der Waals surface area contributed by atoms with Crippen LogP contribution in [0.5, 0.6) is 0 Å². The molecule has 0 spiro atoms. The van der Waals surface area contributed by atoms with E-state index in [1.54, 1.807) is 0 Å². The minimum atomic E-state index is -0.582. The number of rotatable bonds is 4. The minimum absolute atomic E-state index is 0.0244. The summed E-state index contributed by atoms with van der Waals surface area (Å²) in [5, 5.41) is 3.22. The highest BCUT2D eigenvalue weighted by Crippen LogP contribution is 2.27. The van der Waals surface area contributed by atoms with Gasteiger partial charge in [-0.05, 0) is 29.7 Å². The molecule has 0 saturated carbocycles. The topological polar surface area (TPSA) is 12.0 Å². The van der Waals surface area contributed by atoms with Crippen LogP contribution in [-0.4, -0.2) is 0 Å². The number of hydrogen-bond acceptors (Lipinski definition) is 1. The van der Waals surface area contributed by atoms with Gasteiger partial charge in [0, 0.05) is 12.2 Å². The summed E-state index contributed by atoms with van der Waals surface area (Å²) in [4.78, 5) is 0. The summed E-state index contributed by atoms with van der Waals surface area (Å²) in [6.07, 6.45) is 1.02. The van der Waals surface area contributed by atoms with E-state index in [1.165, 1.54) is 17.7 Å². The van der Waals surface area contributed by atoms with Crippen molar-refractivity contribution >= 4 is 28.9 Å². The molecule has 1 nitrogen and oxygen atoms in total. The zero-order chi connectivity index (χ0) is 13.8. The summed E-state index contributed by atoms with van der Waals surface area (Å²) < 4.78 is 13.3. The van der Waals surface area contributed by atoms with Crippen LogP contribution in [0.4, 0.5) is 10.1 Å². The fraction of sp³-hybridized carbons (Fsp3) is 0.200. The molecule has 2 aromatic rings. The molecule has 0 radical (unpaired) electrons. The Balaban J connectivity index is 2.05. The Morgan fingerprint density at radius 1 is 1.00 bits per heavy atom. The molecular formula is C15H14Cl2FN. The zero-order valence-corrected chi connectivity index (χ0v) is 12.0. The second-order valence-electron chi connectivity index (χ2n) is 4.28. The van der Waals surface area contributed by atoms with Crippen LogP contribution in [0.3, 0.4) is 0 Å². The summed E-state index contributed by atoms with van der Waals surface area (Å²) in [6, 6.07) is 11.4. The summed E-state index contributed by atoms with van der Waals surface area (Å²) in [7, 11) is 0. The van der Waals surface area contributed by atoms with Gasteiger partial charge in [-0.25, -0.2) is 4.39 Å². The number of anilines is 1. The molecule has 0 heterocycles. The molecule has 0 atom stereocenters. The highest BCUT2D eigenvalue weighted by atomic mass is 35.5. The van der Waals surface area contributed by atoms with Gasteiger partial charge in [-0.1, -0.05) is 54.4 Å². The number of benzene rings is 2. The number of hydrogen-bond donors (Lipinski definition) is 1. The van der Waals surface area contributed by atoms with Crippen LogP contribution in [0.25, 0.3) is 0 Å². The van der Waals surface area contributed by atoms with Crippen molar-refractivity contribution in [3.8, 4) is 0 Å². The van der Waals surface area contributed by atoms with Gasteiger partial charge < -0.3 is 5.32 Å². The van der Waals surface area contributed by atoms with Gasteiger partial charge >= 0.3 is 0 Å². The molecular weight excluding hydrogens is 284 g/mol. The van der Waals surface area contributed by atoms with Gasteiger partial charge in [0.05, 0.1) is 10.0 Å². The smallest absolute Gasteiger partial charge is 0.160 e. The average Bonchev–Trinajstić information content (AvgIpc) is 2.43. The van der Waals surface area contributed by atoms with Crippen LogP contribution in [0.2, 0.25) is 10.0 Å². The summed E-state index contributed by atoms with van der Waals surface area (Å²) in [5.41, 5.74) is 3.15. The van der Waals surface area contributed by atoms with Crippen molar-refractivity contribution < 1.29 is 4.39 Å². The Morgan fingerprint density at radius 2 is 1.53 bits per heavy atom. The Kier molecular flexibility index (Phi) is 4.67. The van der Waals surface area contributed by atoms with Crippen LogP contribution < -0.4 is 5.32 Å². The summed E-state index contributed by atoms with van der Waals surface area (Å²) in [6.45, 7) is 2.76. The van der Waals surface area contributed by atoms with Gasteiger partial charge in [0.2, 0.25) is 0 Å².